The Balaban J connectivity index is 1.87. The van der Waals surface area contributed by atoms with Crippen LogP contribution in [0.5, 0.6) is 11.5 Å². The fourth-order valence-corrected chi connectivity index (χ4v) is 2.81. The summed E-state index contributed by atoms with van der Waals surface area (Å²) in [7, 11) is 3.17. The van der Waals surface area contributed by atoms with Crippen molar-refractivity contribution in [2.24, 2.45) is 0 Å². The van der Waals surface area contributed by atoms with Crippen LogP contribution in [0.25, 0.3) is 0 Å². The van der Waals surface area contributed by atoms with Gasteiger partial charge < -0.3 is 14.8 Å². The lowest BCUT2D eigenvalue weighted by Gasteiger charge is -2.16. The number of hydrogen-bond donors (Lipinski definition) is 2. The lowest BCUT2D eigenvalue weighted by atomic mass is 9.96. The fourth-order valence-electron chi connectivity index (χ4n) is 2.81. The third-order valence-corrected chi connectivity index (χ3v) is 4.19. The van der Waals surface area contributed by atoms with Crippen LogP contribution in [0.1, 0.15) is 22.9 Å². The number of nitrogens with zero attached hydrogens (tertiary/aromatic N) is 3. The molecule has 2 N–H and O–H groups in total. The van der Waals surface area contributed by atoms with E-state index < -0.39 is 5.92 Å². The van der Waals surface area contributed by atoms with Crippen LogP contribution in [0, 0.1) is 6.92 Å². The van der Waals surface area contributed by atoms with Gasteiger partial charge in [-0.25, -0.2) is 0 Å². The van der Waals surface area contributed by atoms with E-state index in [0.717, 1.165) is 16.8 Å². The third-order valence-electron chi connectivity index (χ3n) is 4.19. The highest BCUT2D eigenvalue weighted by Gasteiger charge is 2.27. The first kappa shape index (κ1) is 18.4. The number of hydrogen-bond acceptors (Lipinski definition) is 6. The van der Waals surface area contributed by atoms with Crippen LogP contribution in [0.3, 0.4) is 0 Å². The number of nitrogens with one attached hydrogen (secondary N) is 2. The molecule has 0 aliphatic rings. The average molecular weight is 367 g/mol. The Labute approximate surface area is 156 Å². The molecule has 0 spiro atoms. The van der Waals surface area contributed by atoms with Crippen LogP contribution in [0.4, 0.5) is 5.69 Å². The smallest absolute Gasteiger partial charge is 0.235 e. The van der Waals surface area contributed by atoms with Crippen molar-refractivity contribution in [3.63, 3.8) is 0 Å². The van der Waals surface area contributed by atoms with Crippen molar-refractivity contribution < 1.29 is 14.3 Å². The topological polar surface area (TPSA) is 102 Å². The van der Waals surface area contributed by atoms with Gasteiger partial charge in [0.25, 0.3) is 0 Å². The van der Waals surface area contributed by atoms with Crippen molar-refractivity contribution in [3.05, 3.63) is 59.4 Å². The lowest BCUT2D eigenvalue weighted by molar-refractivity contribution is -0.117. The zero-order valence-electron chi connectivity index (χ0n) is 15.4. The maximum Gasteiger partial charge on any atom is 0.235 e. The zero-order valence-corrected chi connectivity index (χ0v) is 15.4. The van der Waals surface area contributed by atoms with Gasteiger partial charge >= 0.3 is 0 Å². The summed E-state index contributed by atoms with van der Waals surface area (Å²) in [5, 5.41) is 16.9. The second kappa shape index (κ2) is 8.31. The number of amides is 1. The van der Waals surface area contributed by atoms with Gasteiger partial charge in [0, 0.05) is 11.8 Å². The summed E-state index contributed by atoms with van der Waals surface area (Å²) in [6, 6.07) is 13.1. The molecule has 1 heterocycles. The van der Waals surface area contributed by atoms with E-state index in [1.54, 1.807) is 20.3 Å². The third kappa shape index (κ3) is 4.41. The van der Waals surface area contributed by atoms with E-state index in [1.807, 2.05) is 43.3 Å². The highest BCUT2D eigenvalue weighted by Crippen LogP contribution is 2.29. The minimum absolute atomic E-state index is 0.222. The molecule has 3 aromatic rings. The molecule has 2 aromatic carbocycles. The van der Waals surface area contributed by atoms with Crippen LogP contribution >= 0.6 is 0 Å². The molecule has 8 heteroatoms. The number of methoxy groups -OCH3 is 2. The van der Waals surface area contributed by atoms with E-state index in [-0.39, 0.29) is 5.91 Å². The van der Waals surface area contributed by atoms with E-state index in [4.69, 9.17) is 9.47 Å². The number of H-pyrrole nitrogens is 1. The van der Waals surface area contributed by atoms with Gasteiger partial charge in [-0.15, -0.1) is 10.2 Å². The van der Waals surface area contributed by atoms with E-state index >= 15 is 0 Å². The van der Waals surface area contributed by atoms with Gasteiger partial charge in [0.05, 0.1) is 14.2 Å². The van der Waals surface area contributed by atoms with Crippen LogP contribution in [-0.2, 0) is 11.2 Å². The van der Waals surface area contributed by atoms with Crippen molar-refractivity contribution >= 4 is 11.6 Å². The Morgan fingerprint density at radius 1 is 1.19 bits per heavy atom. The van der Waals surface area contributed by atoms with Crippen molar-refractivity contribution in [2.75, 3.05) is 19.5 Å². The molecule has 0 radical (unpaired) electrons. The molecular formula is C19H21N5O3. The Morgan fingerprint density at radius 2 is 2.04 bits per heavy atom. The summed E-state index contributed by atoms with van der Waals surface area (Å²) >= 11 is 0. The average Bonchev–Trinajstić information content (AvgIpc) is 3.20. The highest BCUT2D eigenvalue weighted by atomic mass is 16.5. The van der Waals surface area contributed by atoms with Crippen LogP contribution < -0.4 is 14.8 Å². The normalized spacial score (nSPS) is 11.7. The van der Waals surface area contributed by atoms with Crippen molar-refractivity contribution in [2.45, 2.75) is 19.3 Å². The number of aryl methyl sites for hydroxylation is 1. The van der Waals surface area contributed by atoms with Crippen LogP contribution in [-0.4, -0.2) is 40.8 Å². The summed E-state index contributed by atoms with van der Waals surface area (Å²) in [6.45, 7) is 1.97. The predicted molar refractivity (Wildman–Crippen MR) is 100.0 cm³/mol. The summed E-state index contributed by atoms with van der Waals surface area (Å²) < 4.78 is 10.7. The molecule has 0 aliphatic heterocycles. The molecule has 0 unspecified atom stereocenters. The maximum absolute atomic E-state index is 13.0. The monoisotopic (exact) mass is 367 g/mol. The quantitative estimate of drug-likeness (QED) is 0.665. The molecule has 0 saturated carbocycles. The minimum atomic E-state index is -0.633. The molecular weight excluding hydrogens is 346 g/mol. The Bertz CT molecular complexity index is 911. The lowest BCUT2D eigenvalue weighted by Crippen LogP contribution is -2.24. The molecule has 1 aromatic heterocycles. The molecule has 8 nitrogen and oxygen atoms in total. The molecule has 0 saturated heterocycles. The fraction of sp³-hybridized carbons (Fsp3) is 0.263. The predicted octanol–water partition coefficient (Wildman–Crippen LogP) is 2.49. The Morgan fingerprint density at radius 3 is 2.70 bits per heavy atom. The molecule has 1 amide bonds. The van der Waals surface area contributed by atoms with Crippen molar-refractivity contribution in [1.82, 2.24) is 20.6 Å². The minimum Gasteiger partial charge on any atom is -0.497 e. The highest BCUT2D eigenvalue weighted by molar-refractivity contribution is 5.95. The molecule has 27 heavy (non-hydrogen) atoms. The number of tetrazole rings is 1. The van der Waals surface area contributed by atoms with Gasteiger partial charge in [-0.2, -0.15) is 5.21 Å². The first-order valence-corrected chi connectivity index (χ1v) is 8.42. The first-order valence-electron chi connectivity index (χ1n) is 8.42. The second-order valence-electron chi connectivity index (χ2n) is 6.06. The van der Waals surface area contributed by atoms with E-state index in [1.165, 1.54) is 0 Å². The zero-order chi connectivity index (χ0) is 19.2. The molecule has 1 atom stereocenters. The Kier molecular flexibility index (Phi) is 5.65. The van der Waals surface area contributed by atoms with Crippen LogP contribution in [0.15, 0.2) is 42.5 Å². The number of benzene rings is 2. The van der Waals surface area contributed by atoms with Gasteiger partial charge in [-0.05, 0) is 42.7 Å². The van der Waals surface area contributed by atoms with Crippen LogP contribution in [0.2, 0.25) is 0 Å². The summed E-state index contributed by atoms with van der Waals surface area (Å²) in [4.78, 5) is 13.0. The summed E-state index contributed by atoms with van der Waals surface area (Å²) in [6.07, 6.45) is 0.352. The number of aromatic nitrogens is 4. The van der Waals surface area contributed by atoms with E-state index in [0.29, 0.717) is 23.7 Å². The molecule has 0 aliphatic carbocycles. The van der Waals surface area contributed by atoms with Gasteiger partial charge in [0.15, 0.2) is 5.82 Å². The first-order chi connectivity index (χ1) is 13.1. The largest absolute Gasteiger partial charge is 0.497 e. The maximum atomic E-state index is 13.0. The Hall–Kier alpha value is -3.42. The van der Waals surface area contributed by atoms with E-state index in [9.17, 15) is 4.79 Å². The second-order valence-corrected chi connectivity index (χ2v) is 6.06. The molecule has 0 fully saturated rings. The number of carbonyl (C=O) groups is 1. The standard InChI is InChI=1S/C19H21N5O3/c1-12-5-4-6-14(9-12)20-19(25)16(18-21-23-24-22-18)10-13-7-8-15(26-2)11-17(13)27-3/h4-9,11,16H,10H2,1-3H3,(H,20,25)(H,21,22,23,24)/t16-/m0/s1. The molecule has 0 bridgehead atoms. The van der Waals surface area contributed by atoms with Gasteiger partial charge in [0.1, 0.15) is 17.4 Å². The van der Waals surface area contributed by atoms with Crippen molar-refractivity contribution in [3.8, 4) is 11.5 Å². The van der Waals surface area contributed by atoms with Gasteiger partial charge in [0.2, 0.25) is 5.91 Å². The number of rotatable bonds is 7. The van der Waals surface area contributed by atoms with Gasteiger partial charge in [-0.1, -0.05) is 23.4 Å². The van der Waals surface area contributed by atoms with Crippen molar-refractivity contribution in [1.29, 1.82) is 0 Å². The van der Waals surface area contributed by atoms with Gasteiger partial charge in [-0.3, -0.25) is 4.79 Å². The SMILES string of the molecule is COc1ccc(C[C@H](C(=O)Nc2cccc(C)c2)c2nn[nH]n2)c(OC)c1. The number of anilines is 1. The number of ether oxygens (including phenoxy) is 2. The summed E-state index contributed by atoms with van der Waals surface area (Å²) in [5.41, 5.74) is 2.61. The summed E-state index contributed by atoms with van der Waals surface area (Å²) in [5.74, 6) is 0.770. The molecule has 140 valence electrons. The number of aromatic amines is 1. The van der Waals surface area contributed by atoms with E-state index in [2.05, 4.69) is 25.9 Å². The molecule has 3 rings (SSSR count). The number of carbonyl (C=O) groups excluding carboxylic acids is 1.